The van der Waals surface area contributed by atoms with E-state index in [2.05, 4.69) is 37.0 Å². The number of ketones is 1. The largest absolute Gasteiger partial charge is 0.348 e. The topological polar surface area (TPSA) is 95.6 Å². The Morgan fingerprint density at radius 1 is 1.20 bits per heavy atom. The van der Waals surface area contributed by atoms with Gasteiger partial charge in [0, 0.05) is 25.4 Å². The first-order chi connectivity index (χ1) is 16.6. The van der Waals surface area contributed by atoms with Crippen LogP contribution in [0.4, 0.5) is 0 Å². The molecule has 3 rings (SSSR count). The van der Waals surface area contributed by atoms with Crippen LogP contribution in [0.1, 0.15) is 72.1 Å². The maximum atomic E-state index is 13.6. The van der Waals surface area contributed by atoms with Crippen LogP contribution in [-0.2, 0) is 19.2 Å². The van der Waals surface area contributed by atoms with Crippen molar-refractivity contribution < 1.29 is 19.2 Å². The van der Waals surface area contributed by atoms with E-state index < -0.39 is 23.8 Å². The zero-order valence-electron chi connectivity index (χ0n) is 21.5. The average molecular weight is 484 g/mol. The smallest absolute Gasteiger partial charge is 0.289 e. The number of likely N-dealkylation sites (tertiary alicyclic amines) is 1. The molecule has 0 aromatic heterocycles. The minimum absolute atomic E-state index is 0.0277. The Hall–Kier alpha value is -2.62. The summed E-state index contributed by atoms with van der Waals surface area (Å²) in [6, 6.07) is -1.59. The lowest BCUT2D eigenvalue weighted by Gasteiger charge is -2.35. The summed E-state index contributed by atoms with van der Waals surface area (Å²) < 4.78 is 0. The Bertz CT molecular complexity index is 883. The van der Waals surface area contributed by atoms with E-state index in [1.807, 2.05) is 6.92 Å². The molecule has 1 unspecified atom stereocenters. The number of fused-ring (bicyclic) bond motifs is 1. The summed E-state index contributed by atoms with van der Waals surface area (Å²) in [4.78, 5) is 54.2. The second kappa shape index (κ2) is 11.4. The lowest BCUT2D eigenvalue weighted by Crippen LogP contribution is -2.56. The number of hydrogen-bond acceptors (Lipinski definition) is 4. The van der Waals surface area contributed by atoms with Crippen molar-refractivity contribution in [3.63, 3.8) is 0 Å². The van der Waals surface area contributed by atoms with Crippen LogP contribution in [-0.4, -0.2) is 53.6 Å². The Balaban J connectivity index is 1.73. The van der Waals surface area contributed by atoms with Gasteiger partial charge in [0.05, 0.1) is 6.04 Å². The van der Waals surface area contributed by atoms with Crippen molar-refractivity contribution in [3.8, 4) is 12.3 Å². The van der Waals surface area contributed by atoms with Crippen molar-refractivity contribution in [2.45, 2.75) is 84.2 Å². The molecule has 0 radical (unpaired) electrons. The van der Waals surface area contributed by atoms with Crippen LogP contribution in [0.25, 0.3) is 0 Å². The molecule has 5 atom stereocenters. The molecular weight excluding hydrogens is 442 g/mol. The van der Waals surface area contributed by atoms with Crippen LogP contribution in [0.15, 0.2) is 12.7 Å². The average Bonchev–Trinajstić information content (AvgIpc) is 3.18. The zero-order valence-corrected chi connectivity index (χ0v) is 21.5. The molecule has 0 bridgehead atoms. The molecule has 192 valence electrons. The van der Waals surface area contributed by atoms with Crippen LogP contribution in [0.3, 0.4) is 0 Å². The van der Waals surface area contributed by atoms with Crippen molar-refractivity contribution in [3.05, 3.63) is 12.7 Å². The minimum Gasteiger partial charge on any atom is -0.348 e. The Morgan fingerprint density at radius 3 is 2.51 bits per heavy atom. The van der Waals surface area contributed by atoms with Crippen molar-refractivity contribution in [1.29, 1.82) is 0 Å². The molecule has 7 nitrogen and oxygen atoms in total. The van der Waals surface area contributed by atoms with E-state index in [0.717, 1.165) is 25.7 Å². The second-order valence-corrected chi connectivity index (χ2v) is 11.1. The summed E-state index contributed by atoms with van der Waals surface area (Å²) in [5.74, 6) is 1.23. The molecule has 0 spiro atoms. The van der Waals surface area contributed by atoms with Crippen molar-refractivity contribution in [2.75, 3.05) is 13.1 Å². The monoisotopic (exact) mass is 483 g/mol. The van der Waals surface area contributed by atoms with Gasteiger partial charge in [-0.05, 0) is 48.9 Å². The van der Waals surface area contributed by atoms with Crippen LogP contribution in [0.2, 0.25) is 0 Å². The Kier molecular flexibility index (Phi) is 8.79. The third-order valence-corrected chi connectivity index (χ3v) is 8.58. The van der Waals surface area contributed by atoms with E-state index >= 15 is 0 Å². The maximum Gasteiger partial charge on any atom is 0.289 e. The summed E-state index contributed by atoms with van der Waals surface area (Å²) in [7, 11) is 0. The summed E-state index contributed by atoms with van der Waals surface area (Å²) in [6.07, 6.45) is 13.6. The van der Waals surface area contributed by atoms with Crippen LogP contribution >= 0.6 is 0 Å². The van der Waals surface area contributed by atoms with Gasteiger partial charge in [0.1, 0.15) is 6.04 Å². The Morgan fingerprint density at radius 2 is 1.89 bits per heavy atom. The van der Waals surface area contributed by atoms with Crippen LogP contribution < -0.4 is 10.6 Å². The molecule has 0 aromatic rings. The number of terminal acetylenes is 1. The number of nitrogens with one attached hydrogen (secondary N) is 2. The molecule has 2 N–H and O–H groups in total. The molecular formula is C28H41N3O4. The van der Waals surface area contributed by atoms with Gasteiger partial charge in [-0.2, -0.15) is 0 Å². The fraction of sp³-hybridized carbons (Fsp3) is 0.714. The molecule has 1 aliphatic heterocycles. The van der Waals surface area contributed by atoms with Gasteiger partial charge in [0.25, 0.3) is 5.91 Å². The minimum atomic E-state index is -0.972. The molecule has 3 fully saturated rings. The number of carbonyl (C=O) groups excluding carboxylic acids is 4. The number of Topliss-reactive ketones (excluding diaryl/α,β-unsaturated/α-hetero) is 1. The van der Waals surface area contributed by atoms with Gasteiger partial charge < -0.3 is 15.5 Å². The second-order valence-electron chi connectivity index (χ2n) is 11.1. The van der Waals surface area contributed by atoms with Crippen LogP contribution in [0, 0.1) is 41.4 Å². The zero-order chi connectivity index (χ0) is 25.8. The van der Waals surface area contributed by atoms with Gasteiger partial charge >= 0.3 is 0 Å². The predicted octanol–water partition coefficient (Wildman–Crippen LogP) is 2.85. The van der Waals surface area contributed by atoms with Crippen LogP contribution in [0.5, 0.6) is 0 Å². The number of piperidine rings is 1. The number of amides is 3. The number of rotatable bonds is 11. The van der Waals surface area contributed by atoms with Crippen molar-refractivity contribution in [1.82, 2.24) is 15.5 Å². The summed E-state index contributed by atoms with van der Waals surface area (Å²) >= 11 is 0. The van der Waals surface area contributed by atoms with E-state index in [1.165, 1.54) is 6.42 Å². The molecule has 1 heterocycles. The van der Waals surface area contributed by atoms with E-state index in [4.69, 9.17) is 6.42 Å². The van der Waals surface area contributed by atoms with E-state index in [9.17, 15) is 19.2 Å². The molecule has 35 heavy (non-hydrogen) atoms. The highest BCUT2D eigenvalue weighted by Gasteiger charge is 2.69. The van der Waals surface area contributed by atoms with E-state index in [1.54, 1.807) is 11.0 Å². The lowest BCUT2D eigenvalue weighted by molar-refractivity contribution is -0.146. The third kappa shape index (κ3) is 5.79. The maximum absolute atomic E-state index is 13.6. The lowest BCUT2D eigenvalue weighted by atomic mass is 9.80. The third-order valence-electron chi connectivity index (χ3n) is 8.58. The highest BCUT2D eigenvalue weighted by molar-refractivity contribution is 6.38. The first kappa shape index (κ1) is 27.0. The number of allylic oxidation sites excluding steroid dienone is 1. The standard InChI is InChI=1S/C28H41N3O4/c1-6-8-15-21(24(32)26(34)29-16-9-7-2)30-25(33)23-22-20(28(22,4)5)17-31(23)27(35)18(3)19-13-11-10-12-14-19/h2,6,18-23H,1,8-17H2,3-5H3,(H,29,34)(H,30,33)/t18-,20-,21?,22-,23-/m0/s1. The van der Waals surface area contributed by atoms with Crippen molar-refractivity contribution >= 4 is 23.5 Å². The fourth-order valence-electron chi connectivity index (χ4n) is 6.21. The number of carbonyl (C=O) groups is 4. The van der Waals surface area contributed by atoms with E-state index in [0.29, 0.717) is 25.3 Å². The van der Waals surface area contributed by atoms with Gasteiger partial charge in [-0.15, -0.1) is 18.9 Å². The number of nitrogens with zero attached hydrogens (tertiary/aromatic N) is 1. The summed E-state index contributed by atoms with van der Waals surface area (Å²) in [5.41, 5.74) is -0.0277. The molecule has 7 heteroatoms. The molecule has 2 saturated carbocycles. The van der Waals surface area contributed by atoms with Gasteiger partial charge in [-0.25, -0.2) is 0 Å². The van der Waals surface area contributed by atoms with Gasteiger partial charge in [0.15, 0.2) is 0 Å². The normalized spacial score (nSPS) is 26.6. The SMILES string of the molecule is C#CCCNC(=O)C(=O)C(CCC=C)NC(=O)[C@@H]1[C@@H]2[C@H](CN1C(=O)[C@@H](C)C1CCCCC1)C2(C)C. The fourth-order valence-corrected chi connectivity index (χ4v) is 6.21. The summed E-state index contributed by atoms with van der Waals surface area (Å²) in [5, 5.41) is 5.35. The first-order valence-corrected chi connectivity index (χ1v) is 13.1. The number of hydrogen-bond donors (Lipinski definition) is 2. The highest BCUT2D eigenvalue weighted by atomic mass is 16.2. The quantitative estimate of drug-likeness (QED) is 0.204. The molecule has 2 aliphatic carbocycles. The molecule has 3 aliphatic rings. The summed E-state index contributed by atoms with van der Waals surface area (Å²) in [6.45, 7) is 10.7. The predicted molar refractivity (Wildman–Crippen MR) is 135 cm³/mol. The molecule has 3 amide bonds. The van der Waals surface area contributed by atoms with E-state index in [-0.39, 0.29) is 47.9 Å². The van der Waals surface area contributed by atoms with Gasteiger partial charge in [-0.3, -0.25) is 19.2 Å². The molecule has 0 aromatic carbocycles. The molecule has 1 saturated heterocycles. The van der Waals surface area contributed by atoms with Crippen molar-refractivity contribution in [2.24, 2.45) is 29.1 Å². The Labute approximate surface area is 209 Å². The highest BCUT2D eigenvalue weighted by Crippen LogP contribution is 2.65. The van der Waals surface area contributed by atoms with Gasteiger partial charge in [-0.1, -0.05) is 46.1 Å². The van der Waals surface area contributed by atoms with Gasteiger partial charge in [0.2, 0.25) is 17.6 Å². The first-order valence-electron chi connectivity index (χ1n) is 13.1.